The summed E-state index contributed by atoms with van der Waals surface area (Å²) in [5.41, 5.74) is 0.553. The molecule has 2 heterocycles. The summed E-state index contributed by atoms with van der Waals surface area (Å²) < 4.78 is 5.49. The molecule has 1 aromatic rings. The Morgan fingerprint density at radius 3 is 2.95 bits per heavy atom. The normalized spacial score (nSPS) is 20.1. The number of ether oxygens (including phenoxy) is 1. The predicted molar refractivity (Wildman–Crippen MR) is 78.5 cm³/mol. The summed E-state index contributed by atoms with van der Waals surface area (Å²) in [6, 6.07) is 1.73. The number of hydrogen-bond acceptors (Lipinski definition) is 4. The molecule has 5 heteroatoms. The quantitative estimate of drug-likeness (QED) is 0.804. The van der Waals surface area contributed by atoms with E-state index in [0.29, 0.717) is 11.6 Å². The number of rotatable bonds is 3. The highest BCUT2D eigenvalue weighted by Gasteiger charge is 2.34. The monoisotopic (exact) mass is 296 g/mol. The number of halogens is 1. The molecule has 1 atom stereocenters. The summed E-state index contributed by atoms with van der Waals surface area (Å²) >= 11 is 6.13. The number of carbonyl (C=O) groups excluding carboxylic acids is 1. The van der Waals surface area contributed by atoms with Crippen molar-refractivity contribution < 1.29 is 9.53 Å². The van der Waals surface area contributed by atoms with Gasteiger partial charge in [0.15, 0.2) is 0 Å². The molecule has 110 valence electrons. The smallest absolute Gasteiger partial charge is 0.323 e. The average Bonchev–Trinajstić information content (AvgIpc) is 2.78. The largest absolute Gasteiger partial charge is 0.459 e. The van der Waals surface area contributed by atoms with Crippen LogP contribution in [0.1, 0.15) is 39.2 Å². The molecule has 0 bridgehead atoms. The fourth-order valence-corrected chi connectivity index (χ4v) is 2.58. The third-order valence-electron chi connectivity index (χ3n) is 3.27. The first-order valence-electron chi connectivity index (χ1n) is 6.92. The maximum Gasteiger partial charge on any atom is 0.323 e. The van der Waals surface area contributed by atoms with Gasteiger partial charge in [0.2, 0.25) is 0 Å². The Morgan fingerprint density at radius 1 is 1.55 bits per heavy atom. The molecule has 1 aliphatic heterocycles. The summed E-state index contributed by atoms with van der Waals surface area (Å²) in [7, 11) is 0. The molecular formula is C15H21ClN2O2. The van der Waals surface area contributed by atoms with Crippen molar-refractivity contribution in [3.05, 3.63) is 29.0 Å². The Hall–Kier alpha value is -1.13. The fraction of sp³-hybridized carbons (Fsp3) is 0.600. The zero-order valence-corrected chi connectivity index (χ0v) is 13.0. The van der Waals surface area contributed by atoms with Crippen molar-refractivity contribution in [1.29, 1.82) is 0 Å². The highest BCUT2D eigenvalue weighted by atomic mass is 35.5. The number of nitrogens with zero attached hydrogens (tertiary/aromatic N) is 2. The van der Waals surface area contributed by atoms with Gasteiger partial charge in [-0.2, -0.15) is 0 Å². The first-order chi connectivity index (χ1) is 9.37. The topological polar surface area (TPSA) is 42.4 Å². The van der Waals surface area contributed by atoms with Crippen LogP contribution in [0.3, 0.4) is 0 Å². The first kappa shape index (κ1) is 15.3. The summed E-state index contributed by atoms with van der Waals surface area (Å²) in [5.74, 6) is -0.139. The Balaban J connectivity index is 2.04. The molecule has 20 heavy (non-hydrogen) atoms. The van der Waals surface area contributed by atoms with Gasteiger partial charge in [-0.3, -0.25) is 14.7 Å². The molecule has 0 unspecified atom stereocenters. The molecule has 0 amide bonds. The van der Waals surface area contributed by atoms with Crippen LogP contribution in [-0.4, -0.2) is 34.0 Å². The SMILES string of the molecule is CC(C)(C)OC(=O)[C@@H]1CCCN1Cc1ccncc1Cl. The van der Waals surface area contributed by atoms with Crippen molar-refractivity contribution in [2.24, 2.45) is 0 Å². The molecule has 0 radical (unpaired) electrons. The van der Waals surface area contributed by atoms with Crippen LogP contribution in [0.25, 0.3) is 0 Å². The minimum absolute atomic E-state index is 0.139. The molecule has 1 fully saturated rings. The van der Waals surface area contributed by atoms with Gasteiger partial charge in [-0.25, -0.2) is 0 Å². The summed E-state index contributed by atoms with van der Waals surface area (Å²) in [6.45, 7) is 7.23. The van der Waals surface area contributed by atoms with Crippen LogP contribution in [0, 0.1) is 0 Å². The zero-order valence-electron chi connectivity index (χ0n) is 12.2. The van der Waals surface area contributed by atoms with Gasteiger partial charge in [0.1, 0.15) is 11.6 Å². The van der Waals surface area contributed by atoms with E-state index in [-0.39, 0.29) is 12.0 Å². The van der Waals surface area contributed by atoms with Crippen LogP contribution in [0.15, 0.2) is 18.5 Å². The molecule has 0 aliphatic carbocycles. The summed E-state index contributed by atoms with van der Waals surface area (Å²) in [6.07, 6.45) is 5.21. The molecular weight excluding hydrogens is 276 g/mol. The van der Waals surface area contributed by atoms with Gasteiger partial charge in [-0.1, -0.05) is 11.6 Å². The highest BCUT2D eigenvalue weighted by Crippen LogP contribution is 2.25. The van der Waals surface area contributed by atoms with Gasteiger partial charge >= 0.3 is 5.97 Å². The van der Waals surface area contributed by atoms with E-state index in [1.807, 2.05) is 26.8 Å². The molecule has 0 spiro atoms. The molecule has 2 rings (SSSR count). The lowest BCUT2D eigenvalue weighted by molar-refractivity contribution is -0.160. The van der Waals surface area contributed by atoms with Gasteiger partial charge in [0.05, 0.1) is 5.02 Å². The number of carbonyl (C=O) groups is 1. The average molecular weight is 297 g/mol. The van der Waals surface area contributed by atoms with Crippen LogP contribution in [0.5, 0.6) is 0 Å². The number of pyridine rings is 1. The third kappa shape index (κ3) is 3.93. The van der Waals surface area contributed by atoms with Gasteiger partial charge in [0.25, 0.3) is 0 Å². The maximum atomic E-state index is 12.2. The summed E-state index contributed by atoms with van der Waals surface area (Å²) in [4.78, 5) is 18.4. The van der Waals surface area contributed by atoms with Gasteiger partial charge < -0.3 is 4.74 Å². The van der Waals surface area contributed by atoms with Gasteiger partial charge in [0, 0.05) is 18.9 Å². The predicted octanol–water partition coefficient (Wildman–Crippen LogP) is 3.04. The van der Waals surface area contributed by atoms with Crippen LogP contribution in [-0.2, 0) is 16.1 Å². The van der Waals surface area contributed by atoms with E-state index in [2.05, 4.69) is 9.88 Å². The van der Waals surface area contributed by atoms with E-state index in [9.17, 15) is 4.79 Å². The van der Waals surface area contributed by atoms with E-state index in [4.69, 9.17) is 16.3 Å². The molecule has 1 aromatic heterocycles. The standard InChI is InChI=1S/C15H21ClN2O2/c1-15(2,3)20-14(19)13-5-4-8-18(13)10-11-6-7-17-9-12(11)16/h6-7,9,13H,4-5,8,10H2,1-3H3/t13-/m0/s1. The van der Waals surface area contributed by atoms with Crippen molar-refractivity contribution in [3.8, 4) is 0 Å². The highest BCUT2D eigenvalue weighted by molar-refractivity contribution is 6.31. The van der Waals surface area contributed by atoms with E-state index in [0.717, 1.165) is 24.9 Å². The zero-order chi connectivity index (χ0) is 14.8. The van der Waals surface area contributed by atoms with Crippen LogP contribution < -0.4 is 0 Å². The Bertz CT molecular complexity index is 485. The van der Waals surface area contributed by atoms with E-state index < -0.39 is 5.60 Å². The number of esters is 1. The minimum Gasteiger partial charge on any atom is -0.459 e. The lowest BCUT2D eigenvalue weighted by Crippen LogP contribution is -2.40. The van der Waals surface area contributed by atoms with Crippen molar-refractivity contribution in [1.82, 2.24) is 9.88 Å². The van der Waals surface area contributed by atoms with Gasteiger partial charge in [-0.15, -0.1) is 0 Å². The van der Waals surface area contributed by atoms with Crippen LogP contribution in [0.4, 0.5) is 0 Å². The maximum absolute atomic E-state index is 12.2. The van der Waals surface area contributed by atoms with E-state index in [1.165, 1.54) is 0 Å². The first-order valence-corrected chi connectivity index (χ1v) is 7.30. The molecule has 0 aromatic carbocycles. The Kier molecular flexibility index (Phi) is 4.66. The molecule has 1 saturated heterocycles. The fourth-order valence-electron chi connectivity index (χ4n) is 2.40. The third-order valence-corrected chi connectivity index (χ3v) is 3.61. The van der Waals surface area contributed by atoms with Crippen molar-refractivity contribution in [2.45, 2.75) is 51.8 Å². The molecule has 0 saturated carbocycles. The van der Waals surface area contributed by atoms with Crippen molar-refractivity contribution >= 4 is 17.6 Å². The second kappa shape index (κ2) is 6.10. The second-order valence-corrected chi connectivity index (χ2v) is 6.54. The molecule has 4 nitrogen and oxygen atoms in total. The summed E-state index contributed by atoms with van der Waals surface area (Å²) in [5, 5.41) is 0.641. The Morgan fingerprint density at radius 2 is 2.30 bits per heavy atom. The molecule has 1 aliphatic rings. The number of hydrogen-bond donors (Lipinski definition) is 0. The Labute approximate surface area is 125 Å². The lowest BCUT2D eigenvalue weighted by atomic mass is 10.1. The van der Waals surface area contributed by atoms with E-state index >= 15 is 0 Å². The lowest BCUT2D eigenvalue weighted by Gasteiger charge is -2.27. The van der Waals surface area contributed by atoms with E-state index in [1.54, 1.807) is 12.4 Å². The van der Waals surface area contributed by atoms with Gasteiger partial charge in [-0.05, 0) is 51.8 Å². The molecule has 0 N–H and O–H groups in total. The number of aromatic nitrogens is 1. The van der Waals surface area contributed by atoms with Crippen LogP contribution in [0.2, 0.25) is 5.02 Å². The second-order valence-electron chi connectivity index (χ2n) is 6.13. The number of likely N-dealkylation sites (tertiary alicyclic amines) is 1. The van der Waals surface area contributed by atoms with Crippen molar-refractivity contribution in [3.63, 3.8) is 0 Å². The van der Waals surface area contributed by atoms with Crippen LogP contribution >= 0.6 is 11.6 Å². The minimum atomic E-state index is -0.445. The van der Waals surface area contributed by atoms with Crippen molar-refractivity contribution in [2.75, 3.05) is 6.54 Å².